The van der Waals surface area contributed by atoms with Gasteiger partial charge in [-0.2, -0.15) is 0 Å². The van der Waals surface area contributed by atoms with E-state index in [1.807, 2.05) is 32.0 Å². The lowest BCUT2D eigenvalue weighted by Gasteiger charge is -2.36. The molecular formula is C90H130N22O18S2. The highest BCUT2D eigenvalue weighted by Crippen LogP contribution is 2.30. The third-order valence-electron chi connectivity index (χ3n) is 23.7. The molecule has 40 nitrogen and oxygen atoms in total. The van der Waals surface area contributed by atoms with Gasteiger partial charge in [0.15, 0.2) is 5.96 Å². The number of hydrogen-bond acceptors (Lipinski definition) is 24. The fraction of sp³-hybridized carbons (Fsp3) is 0.533. The minimum atomic E-state index is -1.86. The molecule has 24 N–H and O–H groups in total. The number of phenolic OH excluding ortho intramolecular Hbond substituents is 1. The SMILES string of the molecule is C=C(N)C[C@@H]1NC(=C)[C@H](C)N(C)C(=O)[C@H](Cc2ccc(O)cc2)NC(=O)CSC[C@@H](C(=O)NCC(N)=O)NC(=O)[C@H](CCCNC(=N)N)NC(=O)[C@H](CCCC)N(C)C(=O)[C@H](CCCC)N(C)C(=O)[C@H](Cc2csc3ccccc23)NC(=O)[C@H](CO)NC(=O)[C@H](Cc2c[nH]c3ccccc23)NC(=O)[C@@H]2C[C@@H](O)CN2C(=O)[C@H](CC(C)C)NC(=O)[C@H](CN)NC(=O)[C@@H]2CCCN2C1=O. The Balaban J connectivity index is 1.19. The Morgan fingerprint density at radius 1 is 0.606 bits per heavy atom. The molecule has 0 spiro atoms. The summed E-state index contributed by atoms with van der Waals surface area (Å²) >= 11 is 2.18. The van der Waals surface area contributed by atoms with Crippen molar-refractivity contribution in [2.75, 3.05) is 72.0 Å². The molecule has 720 valence electrons. The zero-order chi connectivity index (χ0) is 96.9. The summed E-state index contributed by atoms with van der Waals surface area (Å²) in [7, 11) is 4.15. The first-order chi connectivity index (χ1) is 62.8. The number of benzene rings is 3. The van der Waals surface area contributed by atoms with Gasteiger partial charge >= 0.3 is 0 Å². The number of aromatic amines is 1. The van der Waals surface area contributed by atoms with E-state index in [4.69, 9.17) is 28.3 Å². The van der Waals surface area contributed by atoms with E-state index >= 15 is 33.6 Å². The van der Waals surface area contributed by atoms with E-state index in [0.717, 1.165) is 31.6 Å². The van der Waals surface area contributed by atoms with Crippen LogP contribution < -0.4 is 81.4 Å². The van der Waals surface area contributed by atoms with Crippen LogP contribution in [0.15, 0.2) is 109 Å². The molecule has 8 rings (SSSR count). The van der Waals surface area contributed by atoms with Crippen LogP contribution >= 0.6 is 23.1 Å². The van der Waals surface area contributed by atoms with E-state index in [2.05, 4.69) is 76.6 Å². The highest BCUT2D eigenvalue weighted by atomic mass is 32.2. The number of fused-ring (bicyclic) bond motifs is 4. The number of nitrogens with zero attached hydrogens (tertiary/aromatic N) is 5. The number of thiophene rings is 1. The number of thioether (sulfide) groups is 1. The van der Waals surface area contributed by atoms with Crippen molar-refractivity contribution in [3.05, 3.63) is 126 Å². The number of amides is 15. The van der Waals surface area contributed by atoms with Gasteiger partial charge in [0, 0.05) is 118 Å². The maximum atomic E-state index is 15.7. The maximum Gasteiger partial charge on any atom is 0.246 e. The molecule has 2 aromatic heterocycles. The number of aliphatic hydroxyl groups is 2. The minimum absolute atomic E-state index is 0.00234. The largest absolute Gasteiger partial charge is 0.508 e. The van der Waals surface area contributed by atoms with E-state index in [9.17, 15) is 53.7 Å². The van der Waals surface area contributed by atoms with Gasteiger partial charge in [-0.15, -0.1) is 23.1 Å². The lowest BCUT2D eigenvalue weighted by molar-refractivity contribution is -0.149. The van der Waals surface area contributed by atoms with E-state index in [-0.39, 0.29) is 107 Å². The van der Waals surface area contributed by atoms with Crippen LogP contribution in [0.1, 0.15) is 135 Å². The topological polar surface area (TPSA) is 609 Å². The molecule has 0 bridgehead atoms. The summed E-state index contributed by atoms with van der Waals surface area (Å²) in [6.45, 7) is 14.2. The van der Waals surface area contributed by atoms with Gasteiger partial charge in [0.05, 0.1) is 31.1 Å². The van der Waals surface area contributed by atoms with Crippen molar-refractivity contribution < 1.29 is 87.2 Å². The van der Waals surface area contributed by atoms with Crippen molar-refractivity contribution in [1.82, 2.24) is 88.0 Å². The summed E-state index contributed by atoms with van der Waals surface area (Å²) in [5, 5.41) is 73.6. The van der Waals surface area contributed by atoms with E-state index < -0.39 is 223 Å². The molecular weight excluding hydrogens is 1740 g/mol. The number of hydrogen-bond donors (Lipinski definition) is 20. The lowest BCUT2D eigenvalue weighted by Crippen LogP contribution is -2.62. The first-order valence-corrected chi connectivity index (χ1v) is 46.5. The number of carbonyl (C=O) groups is 15. The van der Waals surface area contributed by atoms with Crippen molar-refractivity contribution in [3.63, 3.8) is 0 Å². The number of unbranched alkanes of at least 4 members (excludes halogenated alkanes) is 2. The van der Waals surface area contributed by atoms with Crippen LogP contribution in [0.5, 0.6) is 5.75 Å². The second kappa shape index (κ2) is 50.3. The number of aromatic hydroxyl groups is 1. The second-order valence-corrected chi connectivity index (χ2v) is 36.1. The highest BCUT2D eigenvalue weighted by Gasteiger charge is 2.46. The molecule has 0 aliphatic carbocycles. The predicted octanol–water partition coefficient (Wildman–Crippen LogP) is -1.23. The van der Waals surface area contributed by atoms with Gasteiger partial charge in [-0.1, -0.05) is 115 Å². The number of aliphatic hydroxyl groups excluding tert-OH is 2. The summed E-state index contributed by atoms with van der Waals surface area (Å²) < 4.78 is 0.821. The Morgan fingerprint density at radius 2 is 1.18 bits per heavy atom. The Hall–Kier alpha value is -12.4. The molecule has 3 aliphatic heterocycles. The van der Waals surface area contributed by atoms with Gasteiger partial charge < -0.3 is 126 Å². The number of carbonyl (C=O) groups excluding carboxylic acids is 15. The number of para-hydroxylation sites is 1. The van der Waals surface area contributed by atoms with Gasteiger partial charge in [0.2, 0.25) is 88.6 Å². The number of rotatable bonds is 25. The first kappa shape index (κ1) is 105. The Kier molecular flexibility index (Phi) is 40.0. The number of likely N-dealkylation sites (N-methyl/N-ethyl adjacent to an activating group) is 3. The molecule has 3 fully saturated rings. The van der Waals surface area contributed by atoms with Crippen molar-refractivity contribution in [3.8, 4) is 5.75 Å². The highest BCUT2D eigenvalue weighted by molar-refractivity contribution is 8.00. The third kappa shape index (κ3) is 29.3. The molecule has 42 heteroatoms. The fourth-order valence-electron chi connectivity index (χ4n) is 16.3. The zero-order valence-electron chi connectivity index (χ0n) is 76.0. The van der Waals surface area contributed by atoms with Crippen LogP contribution in [0.2, 0.25) is 0 Å². The number of primary amides is 1. The summed E-state index contributed by atoms with van der Waals surface area (Å²) in [4.78, 5) is 231. The van der Waals surface area contributed by atoms with Gasteiger partial charge in [0.25, 0.3) is 0 Å². The summed E-state index contributed by atoms with van der Waals surface area (Å²) in [5.74, 6) is -14.7. The molecule has 15 atom stereocenters. The minimum Gasteiger partial charge on any atom is -0.508 e. The first-order valence-electron chi connectivity index (χ1n) is 44.5. The molecule has 5 heterocycles. The zero-order valence-corrected chi connectivity index (χ0v) is 77.7. The van der Waals surface area contributed by atoms with Crippen LogP contribution in [0.4, 0.5) is 0 Å². The number of phenols is 1. The van der Waals surface area contributed by atoms with E-state index in [0.29, 0.717) is 59.7 Å². The summed E-state index contributed by atoms with van der Waals surface area (Å²) in [5.41, 5.74) is 25.9. The normalized spacial score (nSPS) is 25.1. The molecule has 15 amide bonds. The van der Waals surface area contributed by atoms with E-state index in [1.54, 1.807) is 62.7 Å². The Morgan fingerprint density at radius 3 is 1.84 bits per heavy atom. The standard InChI is InChI=1S/C90H130N22O18S2/c1-11-13-25-70-82(123)101-61(24-19-33-96-90(94)95)78(119)107-69(77(118)98-43-75(93)116)47-131-48-76(117)100-65(37-53-29-31-56(114)32-30-53)85(126)108(8)52(7)51(6)99-64(36-50(5)92)87(128)111-34-20-27-71(111)83(124)105-67(41-91)80(121)103-63(35-49(3)4)88(129)112-44-57(115)40-73(112)84(125)102-62(38-54-42-97-60-23-17-15-21-58(54)60)79(120)106-68(45-113)81(122)104-66(39-55-46-132-74-28-18-16-22-59(55)74)86(127)110(10)72(26-14-12-2)89(130)109(70)9/h15-18,21-23,28-32,42,46,49,52,57,61-73,97,99,113-115H,5-6,11-14,19-20,24-27,33-41,43-45,47-48,91-92H2,1-4,7-10H3,(H2,93,116)(H,98,118)(H,100,117)(H,101,123)(H,102,125)(H,103,121)(H,104,122)(H,105,124)(H,106,120)(H,107,119)(H4,94,95,96)/t52-,57+,61-,62-,63-,64-,65-,66-,67-,68-,69-,70-,71-,72-,73-/m0/s1. The van der Waals surface area contributed by atoms with Crippen molar-refractivity contribution in [2.45, 2.75) is 228 Å². The quantitative estimate of drug-likeness (QED) is 0.0185. The fourth-order valence-corrected chi connectivity index (χ4v) is 18.1. The molecule has 5 aromatic rings. The number of nitrogens with two attached hydrogens (primary N) is 4. The molecule has 0 unspecified atom stereocenters. The van der Waals surface area contributed by atoms with Crippen LogP contribution in [0, 0.1) is 11.3 Å². The van der Waals surface area contributed by atoms with Crippen molar-refractivity contribution >= 4 is 139 Å². The third-order valence-corrected chi connectivity index (χ3v) is 25.7. The van der Waals surface area contributed by atoms with Gasteiger partial charge in [0.1, 0.15) is 84.3 Å². The number of guanidine groups is 1. The molecule has 0 saturated carbocycles. The number of aromatic nitrogens is 1. The van der Waals surface area contributed by atoms with Crippen LogP contribution in [-0.4, -0.2) is 302 Å². The Labute approximate surface area is 775 Å². The van der Waals surface area contributed by atoms with E-state index in [1.165, 1.54) is 71.4 Å². The van der Waals surface area contributed by atoms with Crippen molar-refractivity contribution in [2.24, 2.45) is 28.9 Å². The summed E-state index contributed by atoms with van der Waals surface area (Å²) in [6, 6.07) is -0.00892. The predicted molar refractivity (Wildman–Crippen MR) is 498 cm³/mol. The van der Waals surface area contributed by atoms with Gasteiger partial charge in [-0.3, -0.25) is 77.3 Å². The van der Waals surface area contributed by atoms with Crippen LogP contribution in [-0.2, 0) is 91.2 Å². The number of H-pyrrole nitrogens is 1. The molecule has 3 saturated heterocycles. The van der Waals surface area contributed by atoms with Gasteiger partial charge in [-0.05, 0) is 110 Å². The monoisotopic (exact) mass is 1870 g/mol. The smallest absolute Gasteiger partial charge is 0.246 e. The average Bonchev–Trinajstić information content (AvgIpc) is 1.55. The molecule has 132 heavy (non-hydrogen) atoms. The maximum absolute atomic E-state index is 15.7. The summed E-state index contributed by atoms with van der Waals surface area (Å²) in [6.07, 6.45) is 1.00. The van der Waals surface area contributed by atoms with Gasteiger partial charge in [-0.25, -0.2) is 0 Å². The molecule has 3 aromatic carbocycles. The van der Waals surface area contributed by atoms with Crippen LogP contribution in [0.3, 0.4) is 0 Å². The average molecular weight is 1870 g/mol. The lowest BCUT2D eigenvalue weighted by atomic mass is 10.00. The number of nitrogens with one attached hydrogen (secondary N) is 13. The van der Waals surface area contributed by atoms with Crippen molar-refractivity contribution in [1.29, 1.82) is 5.41 Å². The Bertz CT molecular complexity index is 4950. The molecule has 0 radical (unpaired) electrons. The second-order valence-electron chi connectivity index (χ2n) is 34.2. The molecule has 3 aliphatic rings. The van der Waals surface area contributed by atoms with Crippen LogP contribution in [0.25, 0.3) is 21.0 Å².